The van der Waals surface area contributed by atoms with Gasteiger partial charge in [0.15, 0.2) is 5.25 Å². The summed E-state index contributed by atoms with van der Waals surface area (Å²) in [6.45, 7) is 1.27. The summed E-state index contributed by atoms with van der Waals surface area (Å²) in [5.41, 5.74) is 0.0682. The molecule has 0 saturated carbocycles. The molecule has 1 aromatic carbocycles. The smallest absolute Gasteiger partial charge is 0.248 e. The molecule has 1 atom stereocenters. The summed E-state index contributed by atoms with van der Waals surface area (Å²) in [4.78, 5) is 0. The zero-order chi connectivity index (χ0) is 13.2. The standard InChI is InChI=1S/C9H7BrCl2N2O2S/c1-5(4-13)17(15,16)14-9-7(11)2-6(10)3-8(9)12/h2-3,5,14H,1H3. The van der Waals surface area contributed by atoms with Gasteiger partial charge in [-0.1, -0.05) is 39.1 Å². The molecule has 92 valence electrons. The first kappa shape index (κ1) is 14.6. The van der Waals surface area contributed by atoms with Crippen molar-refractivity contribution in [1.29, 1.82) is 5.26 Å². The molecule has 0 bridgehead atoms. The summed E-state index contributed by atoms with van der Waals surface area (Å²) in [7, 11) is -3.82. The Bertz CT molecular complexity index is 560. The molecule has 0 saturated heterocycles. The zero-order valence-corrected chi connectivity index (χ0v) is 12.5. The number of nitrogens with one attached hydrogen (secondary N) is 1. The minimum atomic E-state index is -3.82. The lowest BCUT2D eigenvalue weighted by Crippen LogP contribution is -2.24. The molecular formula is C9H7BrCl2N2O2S. The minimum absolute atomic E-state index is 0.0682. The highest BCUT2D eigenvalue weighted by molar-refractivity contribution is 9.10. The molecule has 8 heteroatoms. The van der Waals surface area contributed by atoms with E-state index in [0.29, 0.717) is 4.47 Å². The Morgan fingerprint density at radius 3 is 2.29 bits per heavy atom. The highest BCUT2D eigenvalue weighted by Crippen LogP contribution is 2.34. The van der Waals surface area contributed by atoms with Crippen LogP contribution in [0.3, 0.4) is 0 Å². The second kappa shape index (κ2) is 5.44. The van der Waals surface area contributed by atoms with Gasteiger partial charge in [0.1, 0.15) is 0 Å². The van der Waals surface area contributed by atoms with Crippen molar-refractivity contribution in [1.82, 2.24) is 0 Å². The fourth-order valence-electron chi connectivity index (χ4n) is 0.940. The highest BCUT2D eigenvalue weighted by atomic mass is 79.9. The minimum Gasteiger partial charge on any atom is -0.279 e. The van der Waals surface area contributed by atoms with Crippen molar-refractivity contribution in [3.05, 3.63) is 26.7 Å². The maximum atomic E-state index is 11.7. The first-order valence-electron chi connectivity index (χ1n) is 4.33. The van der Waals surface area contributed by atoms with Crippen LogP contribution in [0, 0.1) is 11.3 Å². The van der Waals surface area contributed by atoms with Crippen LogP contribution in [-0.2, 0) is 10.0 Å². The van der Waals surface area contributed by atoms with Crippen LogP contribution >= 0.6 is 39.1 Å². The Balaban J connectivity index is 3.18. The van der Waals surface area contributed by atoms with Gasteiger partial charge in [0.2, 0.25) is 10.0 Å². The van der Waals surface area contributed by atoms with E-state index in [0.717, 1.165) is 0 Å². The Morgan fingerprint density at radius 1 is 1.41 bits per heavy atom. The predicted octanol–water partition coefficient (Wildman–Crippen LogP) is 3.41. The highest BCUT2D eigenvalue weighted by Gasteiger charge is 2.22. The summed E-state index contributed by atoms with van der Waals surface area (Å²) in [6.07, 6.45) is 0. The Hall–Kier alpha value is -0.480. The summed E-state index contributed by atoms with van der Waals surface area (Å²) in [6, 6.07) is 4.63. The SMILES string of the molecule is CC(C#N)S(=O)(=O)Nc1c(Cl)cc(Br)cc1Cl. The van der Waals surface area contributed by atoms with E-state index < -0.39 is 15.3 Å². The molecule has 1 unspecified atom stereocenters. The van der Waals surface area contributed by atoms with Crippen LogP contribution in [0.25, 0.3) is 0 Å². The maximum Gasteiger partial charge on any atom is 0.248 e. The summed E-state index contributed by atoms with van der Waals surface area (Å²) < 4.78 is 26.1. The van der Waals surface area contributed by atoms with E-state index >= 15 is 0 Å². The van der Waals surface area contributed by atoms with E-state index in [2.05, 4.69) is 20.7 Å². The Kier molecular flexibility index (Phi) is 4.67. The van der Waals surface area contributed by atoms with E-state index in [4.69, 9.17) is 28.5 Å². The number of hydrogen-bond acceptors (Lipinski definition) is 3. The first-order valence-corrected chi connectivity index (χ1v) is 7.43. The Morgan fingerprint density at radius 2 is 1.88 bits per heavy atom. The quantitative estimate of drug-likeness (QED) is 0.900. The normalized spacial score (nSPS) is 12.9. The average molecular weight is 358 g/mol. The van der Waals surface area contributed by atoms with E-state index in [1.54, 1.807) is 6.07 Å². The fourth-order valence-corrected chi connectivity index (χ4v) is 3.17. The third-order valence-corrected chi connectivity index (χ3v) is 4.48. The third-order valence-electron chi connectivity index (χ3n) is 1.90. The summed E-state index contributed by atoms with van der Waals surface area (Å²) in [5, 5.41) is 7.69. The van der Waals surface area contributed by atoms with E-state index in [9.17, 15) is 8.42 Å². The van der Waals surface area contributed by atoms with Crippen LogP contribution in [-0.4, -0.2) is 13.7 Å². The van der Waals surface area contributed by atoms with E-state index in [-0.39, 0.29) is 15.7 Å². The van der Waals surface area contributed by atoms with Crippen molar-refractivity contribution in [2.45, 2.75) is 12.2 Å². The third kappa shape index (κ3) is 3.49. The van der Waals surface area contributed by atoms with Gasteiger partial charge in [-0.15, -0.1) is 0 Å². The van der Waals surface area contributed by atoms with Gasteiger partial charge in [-0.3, -0.25) is 4.72 Å². The largest absolute Gasteiger partial charge is 0.279 e. The number of anilines is 1. The molecule has 0 radical (unpaired) electrons. The molecule has 0 aliphatic heterocycles. The van der Waals surface area contributed by atoms with Crippen LogP contribution in [0.5, 0.6) is 0 Å². The van der Waals surface area contributed by atoms with E-state index in [1.807, 2.05) is 0 Å². The molecule has 0 aliphatic rings. The molecule has 1 aromatic rings. The fraction of sp³-hybridized carbons (Fsp3) is 0.222. The van der Waals surface area contributed by atoms with Gasteiger partial charge in [-0.2, -0.15) is 5.26 Å². The lowest BCUT2D eigenvalue weighted by atomic mass is 10.3. The van der Waals surface area contributed by atoms with E-state index in [1.165, 1.54) is 19.1 Å². The van der Waals surface area contributed by atoms with Gasteiger partial charge in [0.25, 0.3) is 0 Å². The molecule has 17 heavy (non-hydrogen) atoms. The maximum absolute atomic E-state index is 11.7. The van der Waals surface area contributed by atoms with Crippen molar-refractivity contribution in [3.63, 3.8) is 0 Å². The van der Waals surface area contributed by atoms with Crippen molar-refractivity contribution >= 4 is 54.8 Å². The Labute approximate surface area is 118 Å². The van der Waals surface area contributed by atoms with Crippen molar-refractivity contribution < 1.29 is 8.42 Å². The summed E-state index contributed by atoms with van der Waals surface area (Å²) in [5.74, 6) is 0. The molecule has 0 fully saturated rings. The van der Waals surface area contributed by atoms with Crippen LogP contribution in [0.2, 0.25) is 10.0 Å². The number of sulfonamides is 1. The second-order valence-corrected chi connectivity index (χ2v) is 6.89. The molecule has 0 aliphatic carbocycles. The monoisotopic (exact) mass is 356 g/mol. The number of hydrogen-bond donors (Lipinski definition) is 1. The number of rotatable bonds is 3. The average Bonchev–Trinajstić information content (AvgIpc) is 2.22. The molecule has 4 nitrogen and oxygen atoms in total. The molecule has 0 amide bonds. The van der Waals surface area contributed by atoms with Crippen LogP contribution in [0.4, 0.5) is 5.69 Å². The van der Waals surface area contributed by atoms with Crippen LogP contribution in [0.15, 0.2) is 16.6 Å². The number of halogens is 3. The molecule has 0 aromatic heterocycles. The van der Waals surface area contributed by atoms with Crippen molar-refractivity contribution in [2.75, 3.05) is 4.72 Å². The molecule has 0 spiro atoms. The van der Waals surface area contributed by atoms with Crippen LogP contribution in [0.1, 0.15) is 6.92 Å². The summed E-state index contributed by atoms with van der Waals surface area (Å²) >= 11 is 14.9. The van der Waals surface area contributed by atoms with Crippen molar-refractivity contribution in [2.24, 2.45) is 0 Å². The van der Waals surface area contributed by atoms with Gasteiger partial charge < -0.3 is 0 Å². The van der Waals surface area contributed by atoms with Crippen molar-refractivity contribution in [3.8, 4) is 6.07 Å². The topological polar surface area (TPSA) is 70.0 Å². The zero-order valence-electron chi connectivity index (χ0n) is 8.54. The second-order valence-electron chi connectivity index (χ2n) is 3.16. The number of benzene rings is 1. The van der Waals surface area contributed by atoms with Gasteiger partial charge >= 0.3 is 0 Å². The lowest BCUT2D eigenvalue weighted by Gasteiger charge is -2.12. The number of nitrogens with zero attached hydrogens (tertiary/aromatic N) is 1. The van der Waals surface area contributed by atoms with Gasteiger partial charge in [-0.25, -0.2) is 8.42 Å². The van der Waals surface area contributed by atoms with Gasteiger partial charge in [0.05, 0.1) is 21.8 Å². The predicted molar refractivity (Wildman–Crippen MR) is 71.8 cm³/mol. The number of nitriles is 1. The molecule has 1 rings (SSSR count). The molecular weight excluding hydrogens is 351 g/mol. The molecule has 1 N–H and O–H groups in total. The van der Waals surface area contributed by atoms with Crippen LogP contribution < -0.4 is 4.72 Å². The lowest BCUT2D eigenvalue weighted by molar-refractivity contribution is 0.597. The first-order chi connectivity index (χ1) is 7.77. The van der Waals surface area contributed by atoms with Gasteiger partial charge in [-0.05, 0) is 19.1 Å². The molecule has 0 heterocycles. The van der Waals surface area contributed by atoms with Gasteiger partial charge in [0, 0.05) is 4.47 Å².